The molecule has 1 saturated heterocycles. The van der Waals surface area contributed by atoms with E-state index in [1.54, 1.807) is 28.0 Å². The number of aromatic nitrogens is 2. The lowest BCUT2D eigenvalue weighted by Gasteiger charge is -2.22. The first-order chi connectivity index (χ1) is 8.13. The number of likely N-dealkylation sites (tertiary alicyclic amines) is 1. The van der Waals surface area contributed by atoms with Gasteiger partial charge in [0.1, 0.15) is 6.04 Å². The number of β-amino-alcohol motifs (C(OH)–C–C–N with tert-alkyl or cyclic N) is 1. The van der Waals surface area contributed by atoms with Crippen molar-refractivity contribution >= 4 is 5.97 Å². The third-order valence-corrected chi connectivity index (χ3v) is 3.26. The summed E-state index contributed by atoms with van der Waals surface area (Å²) in [6.45, 7) is 2.75. The summed E-state index contributed by atoms with van der Waals surface area (Å²) in [4.78, 5) is 12.9. The van der Waals surface area contributed by atoms with Gasteiger partial charge in [-0.05, 0) is 12.5 Å². The number of hydrogen-bond acceptors (Lipinski definition) is 4. The number of rotatable bonds is 4. The van der Waals surface area contributed by atoms with Crippen LogP contribution in [0.5, 0.6) is 0 Å². The van der Waals surface area contributed by atoms with Crippen molar-refractivity contribution in [2.24, 2.45) is 0 Å². The van der Waals surface area contributed by atoms with E-state index < -0.39 is 18.1 Å². The zero-order chi connectivity index (χ0) is 12.4. The normalized spacial score (nSPS) is 27.2. The zero-order valence-corrected chi connectivity index (χ0v) is 9.73. The van der Waals surface area contributed by atoms with Crippen molar-refractivity contribution in [1.29, 1.82) is 0 Å². The van der Waals surface area contributed by atoms with Crippen LogP contribution in [0.1, 0.15) is 19.4 Å². The van der Waals surface area contributed by atoms with Crippen LogP contribution < -0.4 is 0 Å². The Kier molecular flexibility index (Phi) is 3.44. The van der Waals surface area contributed by atoms with Crippen molar-refractivity contribution < 1.29 is 15.0 Å². The minimum absolute atomic E-state index is 0.154. The molecule has 94 valence electrons. The summed E-state index contributed by atoms with van der Waals surface area (Å²) in [6.07, 6.45) is 3.42. The summed E-state index contributed by atoms with van der Waals surface area (Å²) >= 11 is 0. The van der Waals surface area contributed by atoms with Gasteiger partial charge in [-0.15, -0.1) is 0 Å². The van der Waals surface area contributed by atoms with Crippen LogP contribution >= 0.6 is 0 Å². The summed E-state index contributed by atoms with van der Waals surface area (Å²) in [5.74, 6) is -0.833. The molecule has 0 aliphatic carbocycles. The number of nitrogens with zero attached hydrogens (tertiary/aromatic N) is 3. The molecule has 1 aliphatic rings. The molecule has 17 heavy (non-hydrogen) atoms. The standard InChI is InChI=1S/C11H17N3O3/c1-2-8(11(16)17)13-6-9(10(15)7-13)14-5-3-4-12-14/h3-5,8-10,15H,2,6-7H2,1H3,(H,16,17). The molecule has 0 amide bonds. The van der Waals surface area contributed by atoms with Gasteiger partial charge in [0.25, 0.3) is 0 Å². The first-order valence-electron chi connectivity index (χ1n) is 5.77. The van der Waals surface area contributed by atoms with Gasteiger partial charge in [0.2, 0.25) is 0 Å². The van der Waals surface area contributed by atoms with Crippen molar-refractivity contribution in [3.8, 4) is 0 Å². The van der Waals surface area contributed by atoms with Crippen molar-refractivity contribution in [2.45, 2.75) is 31.5 Å². The van der Waals surface area contributed by atoms with E-state index in [9.17, 15) is 9.90 Å². The Morgan fingerprint density at radius 1 is 1.59 bits per heavy atom. The highest BCUT2D eigenvalue weighted by molar-refractivity contribution is 5.73. The molecule has 2 heterocycles. The first-order valence-corrected chi connectivity index (χ1v) is 5.77. The second-order valence-electron chi connectivity index (χ2n) is 4.34. The molecule has 0 spiro atoms. The minimum atomic E-state index is -0.833. The Bertz CT molecular complexity index is 379. The van der Waals surface area contributed by atoms with E-state index in [0.717, 1.165) is 0 Å². The van der Waals surface area contributed by atoms with Gasteiger partial charge in [-0.3, -0.25) is 14.4 Å². The van der Waals surface area contributed by atoms with Crippen molar-refractivity contribution in [1.82, 2.24) is 14.7 Å². The van der Waals surface area contributed by atoms with Crippen LogP contribution in [0.3, 0.4) is 0 Å². The van der Waals surface area contributed by atoms with E-state index >= 15 is 0 Å². The number of carboxylic acid groups (broad SMARTS) is 1. The molecular formula is C11H17N3O3. The second-order valence-corrected chi connectivity index (χ2v) is 4.34. The van der Waals surface area contributed by atoms with Crippen LogP contribution in [0.4, 0.5) is 0 Å². The maximum Gasteiger partial charge on any atom is 0.320 e. The fraction of sp³-hybridized carbons (Fsp3) is 0.636. The van der Waals surface area contributed by atoms with Crippen LogP contribution in [-0.4, -0.2) is 56.1 Å². The Hall–Kier alpha value is -1.40. The number of aliphatic hydroxyl groups is 1. The summed E-state index contributed by atoms with van der Waals surface area (Å²) in [5, 5.41) is 23.1. The predicted molar refractivity (Wildman–Crippen MR) is 60.6 cm³/mol. The molecule has 6 heteroatoms. The van der Waals surface area contributed by atoms with Crippen molar-refractivity contribution in [2.75, 3.05) is 13.1 Å². The van der Waals surface area contributed by atoms with Gasteiger partial charge in [0.05, 0.1) is 12.1 Å². The molecule has 2 N–H and O–H groups in total. The zero-order valence-electron chi connectivity index (χ0n) is 9.73. The lowest BCUT2D eigenvalue weighted by molar-refractivity contribution is -0.143. The van der Waals surface area contributed by atoms with Gasteiger partial charge in [-0.2, -0.15) is 5.10 Å². The molecule has 2 rings (SSSR count). The highest BCUT2D eigenvalue weighted by Crippen LogP contribution is 2.24. The molecule has 0 aromatic carbocycles. The predicted octanol–water partition coefficient (Wildman–Crippen LogP) is -0.0361. The van der Waals surface area contributed by atoms with Crippen molar-refractivity contribution in [3.05, 3.63) is 18.5 Å². The Morgan fingerprint density at radius 2 is 2.35 bits per heavy atom. The highest BCUT2D eigenvalue weighted by Gasteiger charge is 2.38. The number of carbonyl (C=O) groups is 1. The monoisotopic (exact) mass is 239 g/mol. The minimum Gasteiger partial charge on any atom is -0.480 e. The quantitative estimate of drug-likeness (QED) is 0.771. The fourth-order valence-electron chi connectivity index (χ4n) is 2.38. The van der Waals surface area contributed by atoms with Gasteiger partial charge in [0, 0.05) is 25.5 Å². The number of carboxylic acids is 1. The average molecular weight is 239 g/mol. The third kappa shape index (κ3) is 2.32. The van der Waals surface area contributed by atoms with Crippen LogP contribution in [0.2, 0.25) is 0 Å². The molecule has 0 radical (unpaired) electrons. The lowest BCUT2D eigenvalue weighted by Crippen LogP contribution is -2.39. The maximum absolute atomic E-state index is 11.1. The Balaban J connectivity index is 2.09. The van der Waals surface area contributed by atoms with Crippen LogP contribution in [0.25, 0.3) is 0 Å². The van der Waals surface area contributed by atoms with E-state index in [2.05, 4.69) is 5.10 Å². The van der Waals surface area contributed by atoms with Crippen LogP contribution in [-0.2, 0) is 4.79 Å². The third-order valence-electron chi connectivity index (χ3n) is 3.26. The second kappa shape index (κ2) is 4.85. The molecule has 3 unspecified atom stereocenters. The van der Waals surface area contributed by atoms with E-state index in [1.165, 1.54) is 0 Å². The van der Waals surface area contributed by atoms with E-state index in [4.69, 9.17) is 5.11 Å². The Morgan fingerprint density at radius 3 is 2.88 bits per heavy atom. The molecule has 6 nitrogen and oxygen atoms in total. The van der Waals surface area contributed by atoms with Gasteiger partial charge in [0.15, 0.2) is 0 Å². The van der Waals surface area contributed by atoms with E-state index in [1.807, 2.05) is 6.92 Å². The first kappa shape index (κ1) is 12.1. The smallest absolute Gasteiger partial charge is 0.320 e. The molecule has 0 saturated carbocycles. The SMILES string of the molecule is CCC(C(=O)O)N1CC(O)C(n2cccn2)C1. The topological polar surface area (TPSA) is 78.6 Å². The number of aliphatic hydroxyl groups excluding tert-OH is 1. The molecule has 1 aromatic rings. The average Bonchev–Trinajstić information content (AvgIpc) is 2.87. The largest absolute Gasteiger partial charge is 0.480 e. The van der Waals surface area contributed by atoms with Crippen LogP contribution in [0.15, 0.2) is 18.5 Å². The molecule has 3 atom stereocenters. The summed E-state index contributed by atoms with van der Waals surface area (Å²) in [7, 11) is 0. The number of aliphatic carboxylic acids is 1. The number of hydrogen-bond donors (Lipinski definition) is 2. The van der Waals surface area contributed by atoms with E-state index in [-0.39, 0.29) is 6.04 Å². The molecular weight excluding hydrogens is 222 g/mol. The lowest BCUT2D eigenvalue weighted by atomic mass is 10.2. The van der Waals surface area contributed by atoms with Gasteiger partial charge < -0.3 is 10.2 Å². The van der Waals surface area contributed by atoms with E-state index in [0.29, 0.717) is 19.5 Å². The molecule has 1 aliphatic heterocycles. The van der Waals surface area contributed by atoms with Crippen LogP contribution in [0, 0.1) is 0 Å². The van der Waals surface area contributed by atoms with Crippen molar-refractivity contribution in [3.63, 3.8) is 0 Å². The highest BCUT2D eigenvalue weighted by atomic mass is 16.4. The van der Waals surface area contributed by atoms with Gasteiger partial charge in [-0.25, -0.2) is 0 Å². The summed E-state index contributed by atoms with van der Waals surface area (Å²) < 4.78 is 1.69. The molecule has 1 aromatic heterocycles. The molecule has 1 fully saturated rings. The summed E-state index contributed by atoms with van der Waals surface area (Å²) in [5.41, 5.74) is 0. The Labute approximate surface area is 99.5 Å². The van der Waals surface area contributed by atoms with Gasteiger partial charge in [-0.1, -0.05) is 6.92 Å². The fourth-order valence-corrected chi connectivity index (χ4v) is 2.38. The molecule has 0 bridgehead atoms. The maximum atomic E-state index is 11.1. The van der Waals surface area contributed by atoms with Gasteiger partial charge >= 0.3 is 5.97 Å². The summed E-state index contributed by atoms with van der Waals surface area (Å²) in [6, 6.07) is 1.12.